The van der Waals surface area contributed by atoms with Crippen LogP contribution >= 0.6 is 0 Å². The van der Waals surface area contributed by atoms with Crippen molar-refractivity contribution in [3.8, 4) is 11.4 Å². The van der Waals surface area contributed by atoms with Gasteiger partial charge in [-0.25, -0.2) is 19.0 Å². The van der Waals surface area contributed by atoms with Crippen molar-refractivity contribution in [3.05, 3.63) is 91.0 Å². The van der Waals surface area contributed by atoms with E-state index < -0.39 is 0 Å². The largest absolute Gasteiger partial charge is 0.494 e. The van der Waals surface area contributed by atoms with E-state index in [0.717, 1.165) is 89.9 Å². The zero-order valence-corrected chi connectivity index (χ0v) is 34.0. The molecule has 0 unspecified atom stereocenters. The number of morpholine rings is 2. The Morgan fingerprint density at radius 3 is 1.55 bits per heavy atom. The quantitative estimate of drug-likeness (QED) is 0.176. The fraction of sp³-hybridized carbons (Fsp3) is 0.442. The van der Waals surface area contributed by atoms with E-state index >= 15 is 0 Å². The van der Waals surface area contributed by atoms with Crippen molar-refractivity contribution in [2.45, 2.75) is 95.9 Å². The van der Waals surface area contributed by atoms with Crippen molar-refractivity contribution in [1.82, 2.24) is 29.2 Å². The zero-order valence-electron chi connectivity index (χ0n) is 34.0. The van der Waals surface area contributed by atoms with Crippen LogP contribution in [0.3, 0.4) is 0 Å². The molecule has 4 atom stereocenters. The number of nitrogens with zero attached hydrogens (tertiary/aromatic N) is 8. The monoisotopic (exact) mass is 784 g/mol. The number of rotatable bonds is 4. The van der Waals surface area contributed by atoms with Crippen molar-refractivity contribution in [3.63, 3.8) is 0 Å². The molecule has 0 aliphatic carbocycles. The minimum atomic E-state index is -0.300. The highest BCUT2D eigenvalue weighted by atomic mass is 16.7. The van der Waals surface area contributed by atoms with Gasteiger partial charge < -0.3 is 40.0 Å². The molecule has 0 amide bonds. The zero-order chi connectivity index (χ0) is 40.2. The van der Waals surface area contributed by atoms with Crippen LogP contribution in [0.2, 0.25) is 0 Å². The number of nitrogens with two attached hydrogens (primary N) is 2. The van der Waals surface area contributed by atoms with Gasteiger partial charge in [0, 0.05) is 55.5 Å². The number of fused-ring (bicyclic) bond motifs is 6. The number of benzene rings is 2. The molecule has 15 heteroatoms. The Bertz CT molecular complexity index is 2340. The number of anilines is 4. The third kappa shape index (κ3) is 7.71. The fourth-order valence-corrected chi connectivity index (χ4v) is 8.37. The van der Waals surface area contributed by atoms with E-state index in [0.29, 0.717) is 30.2 Å². The maximum absolute atomic E-state index is 5.96. The first-order chi connectivity index (χ1) is 27.9. The summed E-state index contributed by atoms with van der Waals surface area (Å²) in [5, 5.41) is 9.04. The third-order valence-electron chi connectivity index (χ3n) is 12.2. The van der Waals surface area contributed by atoms with Crippen LogP contribution in [-0.4, -0.2) is 98.1 Å². The summed E-state index contributed by atoms with van der Waals surface area (Å²) < 4.78 is 27.5. The molecule has 2 aromatic carbocycles. The van der Waals surface area contributed by atoms with Gasteiger partial charge in [-0.1, -0.05) is 12.1 Å². The fourth-order valence-electron chi connectivity index (χ4n) is 8.37. The molecule has 4 bridgehead atoms. The SMILES string of the molecule is CC1(C)OB(c2ccc(N)cc2)OC1(C)C.Cc1nc(N2C[C@H]3CC[C@@H](C2)O3)c2cccn2n1.Nc1ccc(-c2nc(N3C[C@H]4CC[C@@H](C3)O4)c3cccn3n2)cc1. The van der Waals surface area contributed by atoms with Crippen LogP contribution < -0.4 is 26.7 Å². The Hall–Kier alpha value is -5.22. The molecule has 5 fully saturated rings. The lowest BCUT2D eigenvalue weighted by Gasteiger charge is -2.33. The molecule has 4 N–H and O–H groups in total. The van der Waals surface area contributed by atoms with E-state index in [2.05, 4.69) is 37.1 Å². The predicted molar refractivity (Wildman–Crippen MR) is 227 cm³/mol. The van der Waals surface area contributed by atoms with Crippen LogP contribution in [0.25, 0.3) is 22.4 Å². The van der Waals surface area contributed by atoms with Gasteiger partial charge in [0.25, 0.3) is 0 Å². The Morgan fingerprint density at radius 2 is 1.05 bits per heavy atom. The molecular weight excluding hydrogens is 731 g/mol. The van der Waals surface area contributed by atoms with Gasteiger partial charge >= 0.3 is 7.12 Å². The molecule has 5 aliphatic heterocycles. The van der Waals surface area contributed by atoms with Crippen LogP contribution in [0.1, 0.15) is 59.2 Å². The molecule has 0 saturated carbocycles. The van der Waals surface area contributed by atoms with Crippen molar-refractivity contribution in [2.24, 2.45) is 0 Å². The van der Waals surface area contributed by atoms with Gasteiger partial charge in [-0.05, 0) is 126 Å². The molecule has 58 heavy (non-hydrogen) atoms. The second kappa shape index (κ2) is 15.2. The molecule has 6 aromatic rings. The second-order valence-electron chi connectivity index (χ2n) is 17.0. The van der Waals surface area contributed by atoms with Crippen molar-refractivity contribution >= 4 is 46.6 Å². The Kier molecular flexibility index (Phi) is 10.0. The summed E-state index contributed by atoms with van der Waals surface area (Å²) in [6, 6.07) is 23.5. The summed E-state index contributed by atoms with van der Waals surface area (Å²) in [6.45, 7) is 13.8. The van der Waals surface area contributed by atoms with Crippen LogP contribution in [0.5, 0.6) is 0 Å². The maximum Gasteiger partial charge on any atom is 0.494 e. The van der Waals surface area contributed by atoms with Gasteiger partial charge in [0.05, 0.1) is 35.6 Å². The summed E-state index contributed by atoms with van der Waals surface area (Å²) >= 11 is 0. The Morgan fingerprint density at radius 1 is 0.603 bits per heavy atom. The van der Waals surface area contributed by atoms with Crippen molar-refractivity contribution in [2.75, 3.05) is 47.4 Å². The number of ether oxygens (including phenoxy) is 2. The molecule has 5 saturated heterocycles. The van der Waals surface area contributed by atoms with E-state index in [1.165, 1.54) is 12.8 Å². The van der Waals surface area contributed by atoms with E-state index in [9.17, 15) is 0 Å². The van der Waals surface area contributed by atoms with E-state index in [-0.39, 0.29) is 18.3 Å². The minimum Gasteiger partial charge on any atom is -0.399 e. The summed E-state index contributed by atoms with van der Waals surface area (Å²) in [5.74, 6) is 3.56. The molecule has 0 radical (unpaired) electrons. The normalized spacial score (nSPS) is 24.1. The average molecular weight is 785 g/mol. The van der Waals surface area contributed by atoms with E-state index in [1.54, 1.807) is 0 Å². The topological polar surface area (TPSA) is 156 Å². The Labute approximate surface area is 339 Å². The molecule has 14 nitrogen and oxygen atoms in total. The highest BCUT2D eigenvalue weighted by Gasteiger charge is 2.51. The van der Waals surface area contributed by atoms with Crippen LogP contribution in [0.4, 0.5) is 23.0 Å². The lowest BCUT2D eigenvalue weighted by Crippen LogP contribution is -2.43. The van der Waals surface area contributed by atoms with Crippen LogP contribution in [0, 0.1) is 6.92 Å². The molecule has 9 heterocycles. The Balaban J connectivity index is 0.000000116. The molecule has 0 spiro atoms. The van der Waals surface area contributed by atoms with E-state index in [1.807, 2.05) is 117 Å². The molecule has 11 rings (SSSR count). The summed E-state index contributed by atoms with van der Waals surface area (Å²) in [6.07, 6.45) is 10.0. The highest BCUT2D eigenvalue weighted by Crippen LogP contribution is 2.37. The summed E-state index contributed by atoms with van der Waals surface area (Å²) in [7, 11) is -0.300. The number of nitrogen functional groups attached to an aromatic ring is 2. The second-order valence-corrected chi connectivity index (χ2v) is 17.0. The number of aryl methyl sites for hydroxylation is 1. The summed E-state index contributed by atoms with van der Waals surface area (Å²) in [4.78, 5) is 14.2. The molecular formula is C43H53BN10O4. The lowest BCUT2D eigenvalue weighted by atomic mass is 9.79. The lowest BCUT2D eigenvalue weighted by molar-refractivity contribution is 0.00578. The summed E-state index contributed by atoms with van der Waals surface area (Å²) in [5.41, 5.74) is 16.5. The standard InChI is InChI=1S/C18H19N5O.C13H16N4O.C12H18BNO2/c19-13-5-3-12(4-6-13)17-20-18(16-2-1-9-23(16)21-17)22-10-14-7-8-15(11-22)24-14;1-9-14-13(12-3-2-6-17(12)15-9)16-7-10-4-5-11(8-16)18-10;1-11(2)12(3,4)16-13(15-11)9-5-7-10(14)8-6-9/h1-6,9,14-15H,7-8,10-11,19H2;2-3,6,10-11H,4-5,7-8H2,1H3;5-8H,14H2,1-4H3/t14-,15+;10-,11+;. The molecule has 4 aromatic heterocycles. The highest BCUT2D eigenvalue weighted by molar-refractivity contribution is 6.62. The number of hydrogen-bond donors (Lipinski definition) is 2. The molecule has 5 aliphatic rings. The minimum absolute atomic E-state index is 0.293. The van der Waals surface area contributed by atoms with Crippen LogP contribution in [-0.2, 0) is 18.8 Å². The van der Waals surface area contributed by atoms with Gasteiger partial charge in [-0.15, -0.1) is 5.10 Å². The van der Waals surface area contributed by atoms with Gasteiger partial charge in [-0.3, -0.25) is 0 Å². The van der Waals surface area contributed by atoms with Gasteiger partial charge in [0.1, 0.15) is 16.9 Å². The van der Waals surface area contributed by atoms with Crippen LogP contribution in [0.15, 0.2) is 85.2 Å². The predicted octanol–water partition coefficient (Wildman–Crippen LogP) is 5.32. The van der Waals surface area contributed by atoms with Gasteiger partial charge in [0.2, 0.25) is 0 Å². The van der Waals surface area contributed by atoms with Gasteiger partial charge in [-0.2, -0.15) is 5.10 Å². The maximum atomic E-state index is 5.96. The van der Waals surface area contributed by atoms with Gasteiger partial charge in [0.15, 0.2) is 17.5 Å². The number of hydrogen-bond acceptors (Lipinski definition) is 12. The average Bonchev–Trinajstić information content (AvgIpc) is 4.04. The van der Waals surface area contributed by atoms with E-state index in [4.69, 9.17) is 35.2 Å². The first-order valence-corrected chi connectivity index (χ1v) is 20.4. The first kappa shape index (κ1) is 38.3. The third-order valence-corrected chi connectivity index (χ3v) is 12.2. The first-order valence-electron chi connectivity index (χ1n) is 20.4. The van der Waals surface area contributed by atoms with Crippen molar-refractivity contribution < 1.29 is 18.8 Å². The molecule has 302 valence electrons. The smallest absolute Gasteiger partial charge is 0.399 e. The van der Waals surface area contributed by atoms with Crippen molar-refractivity contribution in [1.29, 1.82) is 0 Å². The number of aromatic nitrogens is 6.